The number of alkyl halides is 1. The highest BCUT2D eigenvalue weighted by molar-refractivity contribution is 9.08. The lowest BCUT2D eigenvalue weighted by atomic mass is 10.2. The average Bonchev–Trinajstić information content (AvgIpc) is 2.40. The molecule has 0 bridgehead atoms. The first-order valence-corrected chi connectivity index (χ1v) is 7.19. The topological polar surface area (TPSA) is 22.1 Å². The van der Waals surface area contributed by atoms with Gasteiger partial charge >= 0.3 is 0 Å². The number of ether oxygens (including phenoxy) is 1. The van der Waals surface area contributed by atoms with Crippen molar-refractivity contribution in [2.45, 2.75) is 18.9 Å². The van der Waals surface area contributed by atoms with Crippen LogP contribution in [0.25, 0.3) is 0 Å². The van der Waals surface area contributed by atoms with Crippen molar-refractivity contribution in [2.24, 2.45) is 0 Å². The Kier molecular flexibility index (Phi) is 4.77. The summed E-state index contributed by atoms with van der Waals surface area (Å²) in [5, 5.41) is 1.07. The largest absolute Gasteiger partial charge is 0.487 e. The fourth-order valence-electron chi connectivity index (χ4n) is 1.63. The first kappa shape index (κ1) is 14.3. The fourth-order valence-corrected chi connectivity index (χ4v) is 2.23. The van der Waals surface area contributed by atoms with Crippen LogP contribution in [-0.4, -0.2) is 4.98 Å². The van der Waals surface area contributed by atoms with Gasteiger partial charge in [0.05, 0.1) is 5.69 Å². The van der Waals surface area contributed by atoms with Crippen molar-refractivity contribution >= 4 is 27.5 Å². The molecular weight excluding hydrogens is 333 g/mol. The second-order valence-electron chi connectivity index (χ2n) is 4.06. The van der Waals surface area contributed by atoms with Crippen molar-refractivity contribution in [1.82, 2.24) is 4.98 Å². The number of rotatable bonds is 4. The molecule has 1 heterocycles. The maximum atomic E-state index is 13.6. The van der Waals surface area contributed by atoms with Gasteiger partial charge in [-0.2, -0.15) is 0 Å². The zero-order chi connectivity index (χ0) is 13.8. The van der Waals surface area contributed by atoms with E-state index in [1.165, 1.54) is 12.1 Å². The third-order valence-electron chi connectivity index (χ3n) is 2.59. The molecule has 5 heteroatoms. The molecule has 0 amide bonds. The van der Waals surface area contributed by atoms with Crippen LogP contribution in [0.2, 0.25) is 5.02 Å². The summed E-state index contributed by atoms with van der Waals surface area (Å²) in [5.41, 5.74) is 2.13. The minimum Gasteiger partial charge on any atom is -0.487 e. The molecule has 0 atom stereocenters. The highest BCUT2D eigenvalue weighted by Gasteiger charge is 2.08. The number of benzene rings is 1. The van der Waals surface area contributed by atoms with Crippen molar-refractivity contribution in [1.29, 1.82) is 0 Å². The summed E-state index contributed by atoms with van der Waals surface area (Å²) in [6.07, 6.45) is 0. The zero-order valence-corrected chi connectivity index (χ0v) is 12.6. The Morgan fingerprint density at radius 1 is 1.32 bits per heavy atom. The molecule has 0 aliphatic rings. The molecule has 1 aromatic heterocycles. The summed E-state index contributed by atoms with van der Waals surface area (Å²) in [5.74, 6) is 0.312. The van der Waals surface area contributed by atoms with E-state index < -0.39 is 0 Å². The molecule has 100 valence electrons. The summed E-state index contributed by atoms with van der Waals surface area (Å²) in [4.78, 5) is 4.35. The van der Waals surface area contributed by atoms with Gasteiger partial charge in [0, 0.05) is 21.6 Å². The number of halogens is 3. The third-order valence-corrected chi connectivity index (χ3v) is 3.36. The van der Waals surface area contributed by atoms with E-state index in [2.05, 4.69) is 20.9 Å². The van der Waals surface area contributed by atoms with Crippen LogP contribution < -0.4 is 4.74 Å². The highest BCUT2D eigenvalue weighted by Crippen LogP contribution is 2.22. The van der Waals surface area contributed by atoms with E-state index in [9.17, 15) is 4.39 Å². The van der Waals surface area contributed by atoms with Crippen LogP contribution in [0.4, 0.5) is 4.39 Å². The number of aromatic nitrogens is 1. The van der Waals surface area contributed by atoms with Crippen molar-refractivity contribution < 1.29 is 9.13 Å². The lowest BCUT2D eigenvalue weighted by Crippen LogP contribution is -2.02. The molecule has 0 saturated heterocycles. The fraction of sp³-hybridized carbons (Fsp3) is 0.214. The minimum atomic E-state index is -0.329. The second-order valence-corrected chi connectivity index (χ2v) is 5.05. The summed E-state index contributed by atoms with van der Waals surface area (Å²) < 4.78 is 19.2. The molecule has 0 N–H and O–H groups in total. The second kappa shape index (κ2) is 6.35. The number of hydrogen-bond donors (Lipinski definition) is 0. The summed E-state index contributed by atoms with van der Waals surface area (Å²) in [7, 11) is 0. The number of pyridine rings is 1. The predicted octanol–water partition coefficient (Wildman–Crippen LogP) is 4.66. The average molecular weight is 345 g/mol. The summed E-state index contributed by atoms with van der Waals surface area (Å²) >= 11 is 9.19. The van der Waals surface area contributed by atoms with Crippen LogP contribution in [0.1, 0.15) is 17.0 Å². The van der Waals surface area contributed by atoms with Gasteiger partial charge in [-0.15, -0.1) is 0 Å². The monoisotopic (exact) mass is 343 g/mol. The molecule has 2 nitrogen and oxygen atoms in total. The molecule has 19 heavy (non-hydrogen) atoms. The number of nitrogens with zero attached hydrogens (tertiary/aromatic N) is 1. The van der Waals surface area contributed by atoms with Crippen LogP contribution in [0, 0.1) is 12.7 Å². The van der Waals surface area contributed by atoms with Gasteiger partial charge in [-0.05, 0) is 37.3 Å². The molecule has 0 unspecified atom stereocenters. The highest BCUT2D eigenvalue weighted by atomic mass is 79.9. The van der Waals surface area contributed by atoms with Crippen LogP contribution >= 0.6 is 27.5 Å². The Hall–Kier alpha value is -1.13. The predicted molar refractivity (Wildman–Crippen MR) is 77.3 cm³/mol. The molecular formula is C14H12BrClFNO. The standard InChI is InChI=1S/C14H12BrClFNO/c1-9-2-5-14(13(7-15)18-9)19-8-10-6-11(16)3-4-12(10)17/h2-6H,7-8H2,1H3. The Balaban J connectivity index is 2.16. The first-order chi connectivity index (χ1) is 9.10. The van der Waals surface area contributed by atoms with Gasteiger partial charge in [0.1, 0.15) is 18.2 Å². The van der Waals surface area contributed by atoms with Gasteiger partial charge in [0.2, 0.25) is 0 Å². The van der Waals surface area contributed by atoms with Gasteiger partial charge in [-0.3, -0.25) is 4.98 Å². The van der Waals surface area contributed by atoms with Gasteiger partial charge in [0.15, 0.2) is 0 Å². The molecule has 2 rings (SSSR count). The van der Waals surface area contributed by atoms with E-state index in [4.69, 9.17) is 16.3 Å². The van der Waals surface area contributed by atoms with Crippen LogP contribution in [-0.2, 0) is 11.9 Å². The molecule has 0 fully saturated rings. The Bertz CT molecular complexity index is 592. The van der Waals surface area contributed by atoms with Gasteiger partial charge in [0.25, 0.3) is 0 Å². The van der Waals surface area contributed by atoms with E-state index in [1.54, 1.807) is 6.07 Å². The lowest BCUT2D eigenvalue weighted by Gasteiger charge is -2.10. The van der Waals surface area contributed by atoms with Crippen molar-refractivity contribution in [3.05, 3.63) is 58.1 Å². The Morgan fingerprint density at radius 2 is 2.11 bits per heavy atom. The lowest BCUT2D eigenvalue weighted by molar-refractivity contribution is 0.296. The van der Waals surface area contributed by atoms with Gasteiger partial charge in [-0.25, -0.2) is 4.39 Å². The molecule has 1 aromatic carbocycles. The van der Waals surface area contributed by atoms with Crippen molar-refractivity contribution in [2.75, 3.05) is 0 Å². The van der Waals surface area contributed by atoms with E-state index in [0.29, 0.717) is 21.7 Å². The van der Waals surface area contributed by atoms with E-state index >= 15 is 0 Å². The molecule has 0 spiro atoms. The minimum absolute atomic E-state index is 0.122. The summed E-state index contributed by atoms with van der Waals surface area (Å²) in [6.45, 7) is 2.03. The molecule has 0 aliphatic carbocycles. The SMILES string of the molecule is Cc1ccc(OCc2cc(Cl)ccc2F)c(CBr)n1. The molecule has 0 radical (unpaired) electrons. The van der Waals surface area contributed by atoms with E-state index in [0.717, 1.165) is 11.4 Å². The van der Waals surface area contributed by atoms with Crippen LogP contribution in [0.15, 0.2) is 30.3 Å². The van der Waals surface area contributed by atoms with Crippen molar-refractivity contribution in [3.63, 3.8) is 0 Å². The Morgan fingerprint density at radius 3 is 2.84 bits per heavy atom. The number of hydrogen-bond acceptors (Lipinski definition) is 2. The molecule has 0 saturated carbocycles. The van der Waals surface area contributed by atoms with Gasteiger partial charge in [-0.1, -0.05) is 27.5 Å². The normalized spacial score (nSPS) is 10.5. The molecule has 2 aromatic rings. The zero-order valence-electron chi connectivity index (χ0n) is 10.3. The maximum Gasteiger partial charge on any atom is 0.142 e. The van der Waals surface area contributed by atoms with E-state index in [-0.39, 0.29) is 12.4 Å². The smallest absolute Gasteiger partial charge is 0.142 e. The third kappa shape index (κ3) is 3.67. The van der Waals surface area contributed by atoms with E-state index in [1.807, 2.05) is 19.1 Å². The summed E-state index contributed by atoms with van der Waals surface area (Å²) in [6, 6.07) is 8.10. The van der Waals surface area contributed by atoms with Crippen LogP contribution in [0.5, 0.6) is 5.75 Å². The number of aryl methyl sites for hydroxylation is 1. The Labute approximate surface area is 124 Å². The van der Waals surface area contributed by atoms with Crippen LogP contribution in [0.3, 0.4) is 0 Å². The van der Waals surface area contributed by atoms with Gasteiger partial charge < -0.3 is 4.74 Å². The van der Waals surface area contributed by atoms with Crippen molar-refractivity contribution in [3.8, 4) is 5.75 Å². The molecule has 0 aliphatic heterocycles. The quantitative estimate of drug-likeness (QED) is 0.753. The first-order valence-electron chi connectivity index (χ1n) is 5.69. The maximum absolute atomic E-state index is 13.6.